The zero-order valence-corrected chi connectivity index (χ0v) is 19.1. The molecule has 4 rings (SSSR count). The Labute approximate surface area is 190 Å². The van der Waals surface area contributed by atoms with Crippen molar-refractivity contribution in [3.63, 3.8) is 0 Å². The molecule has 1 heterocycles. The summed E-state index contributed by atoms with van der Waals surface area (Å²) in [7, 11) is 0. The van der Waals surface area contributed by atoms with Crippen LogP contribution in [0.1, 0.15) is 43.6 Å². The SMILES string of the molecule is CCc1ccc(OCCCCn2c(COc3ccc(CC)cc3)nc3ccccc32)cc1. The van der Waals surface area contributed by atoms with Crippen LogP contribution in [0, 0.1) is 0 Å². The van der Waals surface area contributed by atoms with Gasteiger partial charge in [-0.2, -0.15) is 0 Å². The number of rotatable bonds is 11. The number of ether oxygens (including phenoxy) is 2. The van der Waals surface area contributed by atoms with E-state index in [0.29, 0.717) is 13.2 Å². The highest BCUT2D eigenvalue weighted by Gasteiger charge is 2.11. The second kappa shape index (κ2) is 10.9. The summed E-state index contributed by atoms with van der Waals surface area (Å²) >= 11 is 0. The predicted octanol–water partition coefficient (Wildman–Crippen LogP) is 6.60. The van der Waals surface area contributed by atoms with Gasteiger partial charge in [0.25, 0.3) is 0 Å². The van der Waals surface area contributed by atoms with E-state index in [2.05, 4.69) is 73.0 Å². The van der Waals surface area contributed by atoms with Gasteiger partial charge in [-0.3, -0.25) is 0 Å². The van der Waals surface area contributed by atoms with Gasteiger partial charge in [-0.05, 0) is 73.2 Å². The van der Waals surface area contributed by atoms with Crippen molar-refractivity contribution in [2.24, 2.45) is 0 Å². The highest BCUT2D eigenvalue weighted by atomic mass is 16.5. The van der Waals surface area contributed by atoms with E-state index in [4.69, 9.17) is 14.5 Å². The number of benzene rings is 3. The number of unbranched alkanes of at least 4 members (excludes halogenated alkanes) is 1. The van der Waals surface area contributed by atoms with Crippen LogP contribution in [0.5, 0.6) is 11.5 Å². The highest BCUT2D eigenvalue weighted by Crippen LogP contribution is 2.20. The van der Waals surface area contributed by atoms with Gasteiger partial charge in [0.15, 0.2) is 0 Å². The number of para-hydroxylation sites is 2. The Bertz CT molecular complexity index is 1110. The minimum atomic E-state index is 0.459. The largest absolute Gasteiger partial charge is 0.494 e. The Hall–Kier alpha value is -3.27. The Morgan fingerprint density at radius 2 is 1.34 bits per heavy atom. The summed E-state index contributed by atoms with van der Waals surface area (Å²) in [5.74, 6) is 2.78. The van der Waals surface area contributed by atoms with Gasteiger partial charge in [-0.1, -0.05) is 50.2 Å². The minimum absolute atomic E-state index is 0.459. The topological polar surface area (TPSA) is 36.3 Å². The van der Waals surface area contributed by atoms with Gasteiger partial charge in [0.2, 0.25) is 0 Å². The maximum atomic E-state index is 6.06. The second-order valence-electron chi connectivity index (χ2n) is 8.01. The predicted molar refractivity (Wildman–Crippen MR) is 130 cm³/mol. The molecule has 0 amide bonds. The first kappa shape index (κ1) is 21.9. The fourth-order valence-electron chi connectivity index (χ4n) is 3.84. The first-order valence-electron chi connectivity index (χ1n) is 11.6. The van der Waals surface area contributed by atoms with Crippen LogP contribution in [-0.4, -0.2) is 16.2 Å². The molecule has 0 saturated carbocycles. The number of aryl methyl sites for hydroxylation is 3. The number of fused-ring (bicyclic) bond motifs is 1. The molecule has 0 N–H and O–H groups in total. The Morgan fingerprint density at radius 3 is 2.00 bits per heavy atom. The lowest BCUT2D eigenvalue weighted by atomic mass is 10.2. The number of imidazole rings is 1. The molecule has 3 aromatic carbocycles. The summed E-state index contributed by atoms with van der Waals surface area (Å²) in [4.78, 5) is 4.83. The first-order valence-corrected chi connectivity index (χ1v) is 11.6. The molecular formula is C28H32N2O2. The van der Waals surface area contributed by atoms with Crippen LogP contribution in [0.2, 0.25) is 0 Å². The van der Waals surface area contributed by atoms with E-state index >= 15 is 0 Å². The maximum Gasteiger partial charge on any atom is 0.147 e. The van der Waals surface area contributed by atoms with Crippen LogP contribution in [-0.2, 0) is 26.0 Å². The van der Waals surface area contributed by atoms with Crippen LogP contribution < -0.4 is 9.47 Å². The standard InChI is InChI=1S/C28H32N2O2/c1-3-22-11-15-24(16-12-22)31-20-8-7-19-30-27-10-6-5-9-26(27)29-28(30)21-32-25-17-13-23(4-2)14-18-25/h5-6,9-18H,3-4,7-8,19-21H2,1-2H3. The molecule has 0 radical (unpaired) electrons. The lowest BCUT2D eigenvalue weighted by Gasteiger charge is -2.11. The van der Waals surface area contributed by atoms with E-state index in [9.17, 15) is 0 Å². The van der Waals surface area contributed by atoms with Crippen molar-refractivity contribution in [3.8, 4) is 11.5 Å². The van der Waals surface area contributed by atoms with E-state index in [1.165, 1.54) is 11.1 Å². The van der Waals surface area contributed by atoms with E-state index in [1.807, 2.05) is 18.2 Å². The quantitative estimate of drug-likeness (QED) is 0.253. The molecule has 0 saturated heterocycles. The minimum Gasteiger partial charge on any atom is -0.494 e. The summed E-state index contributed by atoms with van der Waals surface area (Å²) in [6.45, 7) is 6.39. The Kier molecular flexibility index (Phi) is 7.44. The molecule has 0 aliphatic heterocycles. The van der Waals surface area contributed by atoms with Gasteiger partial charge in [0.05, 0.1) is 17.6 Å². The van der Waals surface area contributed by atoms with Gasteiger partial charge in [0.1, 0.15) is 23.9 Å². The summed E-state index contributed by atoms with van der Waals surface area (Å²) in [5.41, 5.74) is 4.82. The molecule has 4 heteroatoms. The number of hydrogen-bond donors (Lipinski definition) is 0. The molecule has 0 atom stereocenters. The molecule has 0 aliphatic rings. The number of nitrogens with zero attached hydrogens (tertiary/aromatic N) is 2. The van der Waals surface area contributed by atoms with Gasteiger partial charge < -0.3 is 14.0 Å². The molecule has 1 aromatic heterocycles. The van der Waals surface area contributed by atoms with Crippen molar-refractivity contribution in [2.45, 2.75) is 52.7 Å². The third kappa shape index (κ3) is 5.50. The van der Waals surface area contributed by atoms with Crippen molar-refractivity contribution in [2.75, 3.05) is 6.61 Å². The Morgan fingerprint density at radius 1 is 0.719 bits per heavy atom. The zero-order chi connectivity index (χ0) is 22.2. The average molecular weight is 429 g/mol. The van der Waals surface area contributed by atoms with E-state index in [1.54, 1.807) is 0 Å². The van der Waals surface area contributed by atoms with Gasteiger partial charge in [-0.25, -0.2) is 4.98 Å². The normalized spacial score (nSPS) is 11.1. The molecule has 0 fully saturated rings. The van der Waals surface area contributed by atoms with Crippen molar-refractivity contribution < 1.29 is 9.47 Å². The molecule has 0 bridgehead atoms. The van der Waals surface area contributed by atoms with Crippen molar-refractivity contribution >= 4 is 11.0 Å². The highest BCUT2D eigenvalue weighted by molar-refractivity contribution is 5.75. The second-order valence-corrected chi connectivity index (χ2v) is 8.01. The van der Waals surface area contributed by atoms with E-state index in [0.717, 1.165) is 60.6 Å². The smallest absolute Gasteiger partial charge is 0.147 e. The molecule has 0 unspecified atom stereocenters. The molecule has 166 valence electrons. The fourth-order valence-corrected chi connectivity index (χ4v) is 3.84. The zero-order valence-electron chi connectivity index (χ0n) is 19.1. The summed E-state index contributed by atoms with van der Waals surface area (Å²) in [6.07, 6.45) is 4.09. The van der Waals surface area contributed by atoms with Crippen LogP contribution in [0.15, 0.2) is 72.8 Å². The maximum absolute atomic E-state index is 6.06. The first-order chi connectivity index (χ1) is 15.8. The number of hydrogen-bond acceptors (Lipinski definition) is 3. The molecule has 32 heavy (non-hydrogen) atoms. The van der Waals surface area contributed by atoms with Gasteiger partial charge in [-0.15, -0.1) is 0 Å². The average Bonchev–Trinajstić information content (AvgIpc) is 3.20. The van der Waals surface area contributed by atoms with Gasteiger partial charge in [0, 0.05) is 6.54 Å². The van der Waals surface area contributed by atoms with E-state index in [-0.39, 0.29) is 0 Å². The molecular weight excluding hydrogens is 396 g/mol. The fraction of sp³-hybridized carbons (Fsp3) is 0.321. The molecule has 4 aromatic rings. The number of aromatic nitrogens is 2. The van der Waals surface area contributed by atoms with Crippen LogP contribution in [0.3, 0.4) is 0 Å². The van der Waals surface area contributed by atoms with Crippen molar-refractivity contribution in [1.82, 2.24) is 9.55 Å². The van der Waals surface area contributed by atoms with E-state index < -0.39 is 0 Å². The Balaban J connectivity index is 1.35. The lowest BCUT2D eigenvalue weighted by Crippen LogP contribution is -2.09. The van der Waals surface area contributed by atoms with Crippen LogP contribution >= 0.6 is 0 Å². The van der Waals surface area contributed by atoms with Gasteiger partial charge >= 0.3 is 0 Å². The van der Waals surface area contributed by atoms with Crippen molar-refractivity contribution in [1.29, 1.82) is 0 Å². The summed E-state index contributed by atoms with van der Waals surface area (Å²) in [5, 5.41) is 0. The lowest BCUT2D eigenvalue weighted by molar-refractivity contribution is 0.285. The van der Waals surface area contributed by atoms with Crippen LogP contribution in [0.4, 0.5) is 0 Å². The van der Waals surface area contributed by atoms with Crippen LogP contribution in [0.25, 0.3) is 11.0 Å². The molecule has 0 aliphatic carbocycles. The molecule has 0 spiro atoms. The third-order valence-electron chi connectivity index (χ3n) is 5.81. The molecule has 4 nitrogen and oxygen atoms in total. The van der Waals surface area contributed by atoms with Crippen molar-refractivity contribution in [3.05, 3.63) is 89.7 Å². The summed E-state index contributed by atoms with van der Waals surface area (Å²) in [6, 6.07) is 25.0. The monoisotopic (exact) mass is 428 g/mol. The summed E-state index contributed by atoms with van der Waals surface area (Å²) < 4.78 is 14.3. The third-order valence-corrected chi connectivity index (χ3v) is 5.81.